The van der Waals surface area contributed by atoms with Gasteiger partial charge in [-0.3, -0.25) is 9.59 Å². The third-order valence-corrected chi connectivity index (χ3v) is 6.63. The summed E-state index contributed by atoms with van der Waals surface area (Å²) >= 11 is 6.10. The summed E-state index contributed by atoms with van der Waals surface area (Å²) in [4.78, 5) is 28.2. The summed E-state index contributed by atoms with van der Waals surface area (Å²) in [7, 11) is 0. The Hall–Kier alpha value is -1.55. The lowest BCUT2D eigenvalue weighted by molar-refractivity contribution is -0.125. The zero-order valence-electron chi connectivity index (χ0n) is 15.1. The van der Waals surface area contributed by atoms with Gasteiger partial charge in [0.15, 0.2) is 0 Å². The van der Waals surface area contributed by atoms with E-state index in [4.69, 9.17) is 11.6 Å². The maximum atomic E-state index is 13.3. The van der Waals surface area contributed by atoms with E-state index in [2.05, 4.69) is 5.32 Å². The van der Waals surface area contributed by atoms with Crippen molar-refractivity contribution < 1.29 is 9.59 Å². The highest BCUT2D eigenvalue weighted by atomic mass is 35.5. The quantitative estimate of drug-likeness (QED) is 0.863. The van der Waals surface area contributed by atoms with E-state index in [9.17, 15) is 9.59 Å². The minimum atomic E-state index is -0.338. The smallest absolute Gasteiger partial charge is 0.254 e. The molecule has 4 rings (SSSR count). The van der Waals surface area contributed by atoms with Crippen molar-refractivity contribution in [1.82, 2.24) is 10.2 Å². The molecule has 3 aliphatic rings. The zero-order chi connectivity index (χ0) is 18.1. The predicted octanol–water partition coefficient (Wildman–Crippen LogP) is 4.17. The molecule has 1 saturated heterocycles. The number of likely N-dealkylation sites (tertiary alicyclic amines) is 1. The van der Waals surface area contributed by atoms with Crippen LogP contribution in [0.2, 0.25) is 5.02 Å². The van der Waals surface area contributed by atoms with Gasteiger partial charge < -0.3 is 10.2 Å². The fraction of sp³-hybridized carbons (Fsp3) is 0.619. The Morgan fingerprint density at radius 1 is 1.04 bits per heavy atom. The first-order valence-corrected chi connectivity index (χ1v) is 10.4. The van der Waals surface area contributed by atoms with Gasteiger partial charge in [-0.2, -0.15) is 0 Å². The van der Waals surface area contributed by atoms with Gasteiger partial charge in [0.2, 0.25) is 5.91 Å². The number of carbonyl (C=O) groups excluding carboxylic acids is 2. The lowest BCUT2D eigenvalue weighted by Gasteiger charge is -2.34. The Labute approximate surface area is 160 Å². The van der Waals surface area contributed by atoms with Crippen LogP contribution in [-0.4, -0.2) is 34.8 Å². The highest BCUT2D eigenvalue weighted by Gasteiger charge is 2.47. The van der Waals surface area contributed by atoms with Crippen molar-refractivity contribution in [2.45, 2.75) is 75.9 Å². The molecule has 2 saturated carbocycles. The van der Waals surface area contributed by atoms with E-state index in [0.717, 1.165) is 38.5 Å². The first-order valence-electron chi connectivity index (χ1n) is 10.0. The monoisotopic (exact) mass is 374 g/mol. The minimum Gasteiger partial charge on any atom is -0.352 e. The van der Waals surface area contributed by atoms with Crippen molar-refractivity contribution in [3.63, 3.8) is 0 Å². The summed E-state index contributed by atoms with van der Waals surface area (Å²) < 4.78 is 0. The number of benzene rings is 1. The number of halogens is 1. The van der Waals surface area contributed by atoms with Crippen LogP contribution in [0, 0.1) is 5.92 Å². The molecule has 0 bridgehead atoms. The van der Waals surface area contributed by atoms with E-state index in [-0.39, 0.29) is 29.9 Å². The number of carbonyl (C=O) groups is 2. The van der Waals surface area contributed by atoms with Crippen LogP contribution >= 0.6 is 11.6 Å². The average molecular weight is 375 g/mol. The van der Waals surface area contributed by atoms with Gasteiger partial charge in [0.1, 0.15) is 6.04 Å². The van der Waals surface area contributed by atoms with Crippen molar-refractivity contribution in [3.8, 4) is 0 Å². The number of nitrogens with zero attached hydrogens (tertiary/aromatic N) is 1. The minimum absolute atomic E-state index is 0.0432. The normalized spacial score (nSPS) is 28.8. The van der Waals surface area contributed by atoms with Gasteiger partial charge >= 0.3 is 0 Å². The molecule has 1 aromatic carbocycles. The standard InChI is InChI=1S/C21H27ClN2O2/c22-16-8-5-7-15(12-16)21(26)24-18-11-4-1-6-14(18)13-19(24)20(25)23-17-9-2-3-10-17/h5,7-8,12,14,17-19H,1-4,6,9-11,13H2,(H,23,25)/t14-,18+,19-/m0/s1. The fourth-order valence-electron chi connectivity index (χ4n) is 5.12. The van der Waals surface area contributed by atoms with Crippen LogP contribution in [0.1, 0.15) is 68.1 Å². The van der Waals surface area contributed by atoms with Crippen molar-refractivity contribution >= 4 is 23.4 Å². The van der Waals surface area contributed by atoms with Gasteiger partial charge in [-0.05, 0) is 56.2 Å². The summed E-state index contributed by atoms with van der Waals surface area (Å²) in [5.74, 6) is 0.446. The van der Waals surface area contributed by atoms with Gasteiger partial charge in [0.25, 0.3) is 5.91 Å². The van der Waals surface area contributed by atoms with Gasteiger partial charge in [-0.25, -0.2) is 0 Å². The summed E-state index contributed by atoms with van der Waals surface area (Å²) in [6.07, 6.45) is 9.77. The fourth-order valence-corrected chi connectivity index (χ4v) is 5.31. The number of rotatable bonds is 3. The predicted molar refractivity (Wildman–Crippen MR) is 102 cm³/mol. The van der Waals surface area contributed by atoms with Crippen molar-refractivity contribution in [1.29, 1.82) is 0 Å². The lowest BCUT2D eigenvalue weighted by atomic mass is 9.84. The second kappa shape index (κ2) is 7.59. The molecule has 0 aromatic heterocycles. The second-order valence-corrected chi connectivity index (χ2v) is 8.51. The Bertz CT molecular complexity index is 686. The number of nitrogens with one attached hydrogen (secondary N) is 1. The third-order valence-electron chi connectivity index (χ3n) is 6.40. The molecule has 140 valence electrons. The zero-order valence-corrected chi connectivity index (χ0v) is 15.9. The number of amides is 2. The summed E-state index contributed by atoms with van der Waals surface area (Å²) in [5.41, 5.74) is 0.586. The van der Waals surface area contributed by atoms with E-state index < -0.39 is 0 Å². The molecular weight excluding hydrogens is 348 g/mol. The van der Waals surface area contributed by atoms with Crippen molar-refractivity contribution in [2.75, 3.05) is 0 Å². The number of hydrogen-bond acceptors (Lipinski definition) is 2. The van der Waals surface area contributed by atoms with Crippen LogP contribution in [0.15, 0.2) is 24.3 Å². The van der Waals surface area contributed by atoms with Gasteiger partial charge in [0.05, 0.1) is 0 Å². The Kier molecular flexibility index (Phi) is 5.21. The molecule has 1 heterocycles. The highest BCUT2D eigenvalue weighted by Crippen LogP contribution is 2.40. The molecule has 3 atom stereocenters. The van der Waals surface area contributed by atoms with Crippen LogP contribution in [0.5, 0.6) is 0 Å². The van der Waals surface area contributed by atoms with Crippen LogP contribution in [0.25, 0.3) is 0 Å². The Morgan fingerprint density at radius 2 is 1.77 bits per heavy atom. The molecule has 0 unspecified atom stereocenters. The Morgan fingerprint density at radius 3 is 2.54 bits per heavy atom. The summed E-state index contributed by atoms with van der Waals surface area (Å²) in [5, 5.41) is 3.78. The maximum Gasteiger partial charge on any atom is 0.254 e. The van der Waals surface area contributed by atoms with Crippen molar-refractivity contribution in [2.24, 2.45) is 5.92 Å². The molecule has 2 aliphatic carbocycles. The van der Waals surface area contributed by atoms with E-state index in [1.807, 2.05) is 4.90 Å². The SMILES string of the molecule is O=C(NC1CCCC1)[C@@H]1C[C@@H]2CCCC[C@H]2N1C(=O)c1cccc(Cl)c1. The first-order chi connectivity index (χ1) is 12.6. The summed E-state index contributed by atoms with van der Waals surface area (Å²) in [6.45, 7) is 0. The second-order valence-electron chi connectivity index (χ2n) is 8.08. The molecule has 5 heteroatoms. The third kappa shape index (κ3) is 3.48. The van der Waals surface area contributed by atoms with E-state index in [1.54, 1.807) is 24.3 Å². The van der Waals surface area contributed by atoms with E-state index >= 15 is 0 Å². The molecule has 0 radical (unpaired) electrons. The van der Waals surface area contributed by atoms with Crippen LogP contribution in [0.4, 0.5) is 0 Å². The number of fused-ring (bicyclic) bond motifs is 1. The topological polar surface area (TPSA) is 49.4 Å². The van der Waals surface area contributed by atoms with Crippen LogP contribution < -0.4 is 5.32 Å². The van der Waals surface area contributed by atoms with Gasteiger partial charge in [-0.15, -0.1) is 0 Å². The highest BCUT2D eigenvalue weighted by molar-refractivity contribution is 6.31. The van der Waals surface area contributed by atoms with Crippen LogP contribution in [0.3, 0.4) is 0 Å². The number of hydrogen-bond donors (Lipinski definition) is 1. The molecule has 0 spiro atoms. The molecular formula is C21H27ClN2O2. The summed E-state index contributed by atoms with van der Waals surface area (Å²) in [6, 6.07) is 7.23. The lowest BCUT2D eigenvalue weighted by Crippen LogP contribution is -2.51. The average Bonchev–Trinajstić information content (AvgIpc) is 3.28. The molecule has 4 nitrogen and oxygen atoms in total. The molecule has 1 N–H and O–H groups in total. The Balaban J connectivity index is 1.58. The van der Waals surface area contributed by atoms with Gasteiger partial charge in [-0.1, -0.05) is 43.4 Å². The molecule has 2 amide bonds. The first kappa shape index (κ1) is 17.8. The van der Waals surface area contributed by atoms with Crippen LogP contribution in [-0.2, 0) is 4.79 Å². The largest absolute Gasteiger partial charge is 0.352 e. The van der Waals surface area contributed by atoms with E-state index in [0.29, 0.717) is 16.5 Å². The molecule has 3 fully saturated rings. The van der Waals surface area contributed by atoms with E-state index in [1.165, 1.54) is 19.3 Å². The molecule has 26 heavy (non-hydrogen) atoms. The van der Waals surface area contributed by atoms with Gasteiger partial charge in [0, 0.05) is 22.7 Å². The van der Waals surface area contributed by atoms with Crippen molar-refractivity contribution in [3.05, 3.63) is 34.9 Å². The maximum absolute atomic E-state index is 13.3. The molecule has 1 aromatic rings. The molecule has 1 aliphatic heterocycles.